The number of aliphatic imine (C=N–C) groups is 1. The minimum atomic E-state index is 0. The lowest BCUT2D eigenvalue weighted by atomic mass is 10.1. The summed E-state index contributed by atoms with van der Waals surface area (Å²) in [6.45, 7) is 6.73. The van der Waals surface area contributed by atoms with Crippen molar-refractivity contribution in [2.45, 2.75) is 32.9 Å². The van der Waals surface area contributed by atoms with Gasteiger partial charge in [-0.1, -0.05) is 19.1 Å². The summed E-state index contributed by atoms with van der Waals surface area (Å²) in [7, 11) is 1.68. The summed E-state index contributed by atoms with van der Waals surface area (Å²) in [6, 6.07) is 7.99. The molecule has 1 atom stereocenters. The molecule has 1 aliphatic heterocycles. The highest BCUT2D eigenvalue weighted by Crippen LogP contribution is 2.13. The van der Waals surface area contributed by atoms with Crippen molar-refractivity contribution in [3.05, 3.63) is 42.0 Å². The van der Waals surface area contributed by atoms with Crippen LogP contribution in [0.15, 0.2) is 35.6 Å². The SMILES string of the molecule is CCc1nncn1CCNC(=NCc1cccc(OC)c1)NCC1CCOC1.I. The predicted octanol–water partition coefficient (Wildman–Crippen LogP) is 2.24. The molecule has 0 saturated carbocycles. The summed E-state index contributed by atoms with van der Waals surface area (Å²) >= 11 is 0. The molecule has 1 unspecified atom stereocenters. The Balaban J connectivity index is 0.00000300. The Morgan fingerprint density at radius 1 is 1.38 bits per heavy atom. The number of methoxy groups -OCH3 is 1. The molecule has 2 aromatic rings. The predicted molar refractivity (Wildman–Crippen MR) is 124 cm³/mol. The standard InChI is InChI=1S/C20H30N6O2.HI/c1-3-19-25-24-15-26(19)9-8-21-20(23-13-17-7-10-28-14-17)22-12-16-5-4-6-18(11-16)27-2;/h4-6,11,15,17H,3,7-10,12-14H2,1-2H3,(H2,21,22,23);1H. The molecule has 0 aliphatic carbocycles. The van der Waals surface area contributed by atoms with E-state index in [0.717, 1.165) is 68.8 Å². The molecule has 9 heteroatoms. The van der Waals surface area contributed by atoms with Gasteiger partial charge in [-0.05, 0) is 24.1 Å². The molecule has 160 valence electrons. The summed E-state index contributed by atoms with van der Waals surface area (Å²) in [4.78, 5) is 4.75. The van der Waals surface area contributed by atoms with Crippen LogP contribution in [-0.2, 0) is 24.2 Å². The van der Waals surface area contributed by atoms with Crippen LogP contribution in [0.3, 0.4) is 0 Å². The van der Waals surface area contributed by atoms with Crippen molar-refractivity contribution >= 4 is 29.9 Å². The zero-order chi connectivity index (χ0) is 19.6. The van der Waals surface area contributed by atoms with Gasteiger partial charge in [0, 0.05) is 38.6 Å². The first-order chi connectivity index (χ1) is 13.8. The monoisotopic (exact) mass is 514 g/mol. The lowest BCUT2D eigenvalue weighted by Crippen LogP contribution is -2.41. The van der Waals surface area contributed by atoms with Crippen molar-refractivity contribution < 1.29 is 9.47 Å². The summed E-state index contributed by atoms with van der Waals surface area (Å²) < 4.78 is 12.8. The van der Waals surface area contributed by atoms with E-state index in [9.17, 15) is 0 Å². The Bertz CT molecular complexity index is 761. The van der Waals surface area contributed by atoms with Gasteiger partial charge in [0.05, 0.1) is 20.3 Å². The van der Waals surface area contributed by atoms with Gasteiger partial charge in [-0.3, -0.25) is 0 Å². The van der Waals surface area contributed by atoms with Crippen molar-refractivity contribution in [3.8, 4) is 5.75 Å². The number of guanidine groups is 1. The number of rotatable bonds is 9. The lowest BCUT2D eigenvalue weighted by molar-refractivity contribution is 0.186. The Morgan fingerprint density at radius 2 is 2.28 bits per heavy atom. The van der Waals surface area contributed by atoms with Crippen LogP contribution in [0.1, 0.15) is 24.7 Å². The number of halogens is 1. The molecular weight excluding hydrogens is 483 g/mol. The second kappa shape index (κ2) is 12.6. The maximum absolute atomic E-state index is 5.47. The molecular formula is C20H31IN6O2. The van der Waals surface area contributed by atoms with Crippen LogP contribution in [0.25, 0.3) is 0 Å². The van der Waals surface area contributed by atoms with Gasteiger partial charge < -0.3 is 24.7 Å². The molecule has 2 N–H and O–H groups in total. The van der Waals surface area contributed by atoms with E-state index in [4.69, 9.17) is 14.5 Å². The van der Waals surface area contributed by atoms with E-state index in [0.29, 0.717) is 12.5 Å². The molecule has 1 aromatic carbocycles. The van der Waals surface area contributed by atoms with Gasteiger partial charge >= 0.3 is 0 Å². The Morgan fingerprint density at radius 3 is 3.03 bits per heavy atom. The molecule has 8 nitrogen and oxygen atoms in total. The van der Waals surface area contributed by atoms with Crippen LogP contribution in [0, 0.1) is 5.92 Å². The third-order valence-corrected chi connectivity index (χ3v) is 4.79. The number of nitrogens with one attached hydrogen (secondary N) is 2. The largest absolute Gasteiger partial charge is 0.497 e. The fourth-order valence-electron chi connectivity index (χ4n) is 3.14. The third kappa shape index (κ3) is 7.46. The van der Waals surface area contributed by atoms with Crippen LogP contribution < -0.4 is 15.4 Å². The van der Waals surface area contributed by atoms with Gasteiger partial charge in [0.1, 0.15) is 17.9 Å². The number of aryl methyl sites for hydroxylation is 1. The maximum Gasteiger partial charge on any atom is 0.191 e. The van der Waals surface area contributed by atoms with E-state index >= 15 is 0 Å². The topological polar surface area (TPSA) is 85.6 Å². The van der Waals surface area contributed by atoms with E-state index in [1.54, 1.807) is 13.4 Å². The number of aromatic nitrogens is 3. The van der Waals surface area contributed by atoms with Crippen molar-refractivity contribution in [1.29, 1.82) is 0 Å². The highest BCUT2D eigenvalue weighted by molar-refractivity contribution is 14.0. The molecule has 0 bridgehead atoms. The van der Waals surface area contributed by atoms with Crippen molar-refractivity contribution in [2.75, 3.05) is 33.4 Å². The molecule has 1 aliphatic rings. The number of hydrogen-bond donors (Lipinski definition) is 2. The molecule has 0 radical (unpaired) electrons. The zero-order valence-electron chi connectivity index (χ0n) is 17.1. The van der Waals surface area contributed by atoms with Gasteiger partial charge in [0.25, 0.3) is 0 Å². The third-order valence-electron chi connectivity index (χ3n) is 4.79. The molecule has 3 rings (SSSR count). The highest BCUT2D eigenvalue weighted by Gasteiger charge is 2.15. The highest BCUT2D eigenvalue weighted by atomic mass is 127. The van der Waals surface area contributed by atoms with Gasteiger partial charge in [0.15, 0.2) is 5.96 Å². The second-order valence-electron chi connectivity index (χ2n) is 6.85. The number of benzene rings is 1. The average molecular weight is 514 g/mol. The van der Waals surface area contributed by atoms with Crippen molar-refractivity contribution in [1.82, 2.24) is 25.4 Å². The van der Waals surface area contributed by atoms with E-state index in [-0.39, 0.29) is 24.0 Å². The van der Waals surface area contributed by atoms with Gasteiger partial charge in [-0.15, -0.1) is 34.2 Å². The minimum Gasteiger partial charge on any atom is -0.497 e. The molecule has 0 spiro atoms. The first-order valence-electron chi connectivity index (χ1n) is 9.88. The second-order valence-corrected chi connectivity index (χ2v) is 6.85. The van der Waals surface area contributed by atoms with Crippen LogP contribution >= 0.6 is 24.0 Å². The molecule has 1 aromatic heterocycles. The van der Waals surface area contributed by atoms with E-state index in [1.807, 2.05) is 18.2 Å². The normalized spacial score (nSPS) is 16.3. The zero-order valence-corrected chi connectivity index (χ0v) is 19.5. The molecule has 1 fully saturated rings. The number of hydrogen-bond acceptors (Lipinski definition) is 5. The quantitative estimate of drug-likeness (QED) is 0.304. The van der Waals surface area contributed by atoms with Crippen molar-refractivity contribution in [3.63, 3.8) is 0 Å². The van der Waals surface area contributed by atoms with Crippen molar-refractivity contribution in [2.24, 2.45) is 10.9 Å². The van der Waals surface area contributed by atoms with Crippen LogP contribution in [-0.4, -0.2) is 54.1 Å². The van der Waals surface area contributed by atoms with Gasteiger partial charge in [-0.25, -0.2) is 4.99 Å². The Kier molecular flexibility index (Phi) is 10.2. The Hall–Kier alpha value is -1.88. The summed E-state index contributed by atoms with van der Waals surface area (Å²) in [5, 5.41) is 15.0. The average Bonchev–Trinajstić information content (AvgIpc) is 3.41. The molecule has 29 heavy (non-hydrogen) atoms. The van der Waals surface area contributed by atoms with Crippen LogP contribution in [0.4, 0.5) is 0 Å². The molecule has 0 amide bonds. The summed E-state index contributed by atoms with van der Waals surface area (Å²) in [5.41, 5.74) is 1.11. The maximum atomic E-state index is 5.47. The smallest absolute Gasteiger partial charge is 0.191 e. The Labute approximate surface area is 189 Å². The lowest BCUT2D eigenvalue weighted by Gasteiger charge is -2.15. The first-order valence-corrected chi connectivity index (χ1v) is 9.88. The van der Waals surface area contributed by atoms with Crippen LogP contribution in [0.5, 0.6) is 5.75 Å². The first kappa shape index (κ1) is 23.4. The molecule has 1 saturated heterocycles. The minimum absolute atomic E-state index is 0. The summed E-state index contributed by atoms with van der Waals surface area (Å²) in [6.07, 6.45) is 3.74. The van der Waals surface area contributed by atoms with Crippen LogP contribution in [0.2, 0.25) is 0 Å². The summed E-state index contributed by atoms with van der Waals surface area (Å²) in [5.74, 6) is 3.18. The fraction of sp³-hybridized carbons (Fsp3) is 0.550. The van der Waals surface area contributed by atoms with E-state index in [2.05, 4.69) is 38.4 Å². The van der Waals surface area contributed by atoms with E-state index in [1.165, 1.54) is 0 Å². The molecule has 2 heterocycles. The number of ether oxygens (including phenoxy) is 2. The fourth-order valence-corrected chi connectivity index (χ4v) is 3.14. The van der Waals surface area contributed by atoms with Gasteiger partial charge in [-0.2, -0.15) is 0 Å². The van der Waals surface area contributed by atoms with E-state index < -0.39 is 0 Å². The number of nitrogens with zero attached hydrogens (tertiary/aromatic N) is 4. The van der Waals surface area contributed by atoms with Gasteiger partial charge in [0.2, 0.25) is 0 Å².